The second-order valence-corrected chi connectivity index (χ2v) is 4.65. The molecular formula is C12H23NO2. The Morgan fingerprint density at radius 3 is 2.80 bits per heavy atom. The summed E-state index contributed by atoms with van der Waals surface area (Å²) < 4.78 is 5.07. The number of piperidine rings is 1. The molecule has 0 bridgehead atoms. The average Bonchev–Trinajstić information content (AvgIpc) is 2.21. The zero-order valence-electron chi connectivity index (χ0n) is 10.3. The second-order valence-electron chi connectivity index (χ2n) is 4.65. The first-order valence-corrected chi connectivity index (χ1v) is 5.93. The van der Waals surface area contributed by atoms with Gasteiger partial charge in [-0.15, -0.1) is 0 Å². The van der Waals surface area contributed by atoms with E-state index in [2.05, 4.69) is 18.9 Å². The van der Waals surface area contributed by atoms with E-state index in [1.165, 1.54) is 0 Å². The van der Waals surface area contributed by atoms with E-state index < -0.39 is 0 Å². The summed E-state index contributed by atoms with van der Waals surface area (Å²) in [5, 5.41) is 0. The van der Waals surface area contributed by atoms with Crippen molar-refractivity contribution in [3.05, 3.63) is 0 Å². The number of hydrogen-bond donors (Lipinski definition) is 0. The lowest BCUT2D eigenvalue weighted by atomic mass is 9.82. The average molecular weight is 213 g/mol. The van der Waals surface area contributed by atoms with Crippen LogP contribution in [0.2, 0.25) is 0 Å². The Bertz CT molecular complexity index is 218. The zero-order valence-corrected chi connectivity index (χ0v) is 10.3. The quantitative estimate of drug-likeness (QED) is 0.671. The number of nitrogens with zero attached hydrogens (tertiary/aromatic N) is 1. The summed E-state index contributed by atoms with van der Waals surface area (Å²) in [6, 6.07) is 0.584. The smallest absolute Gasteiger partial charge is 0.308 e. The van der Waals surface area contributed by atoms with Crippen LogP contribution in [0.4, 0.5) is 0 Å². The molecule has 0 aromatic heterocycles. The summed E-state index contributed by atoms with van der Waals surface area (Å²) in [4.78, 5) is 14.0. The van der Waals surface area contributed by atoms with Crippen molar-refractivity contribution < 1.29 is 9.53 Å². The van der Waals surface area contributed by atoms with Crippen LogP contribution in [-0.2, 0) is 9.53 Å². The predicted molar refractivity (Wildman–Crippen MR) is 60.6 cm³/mol. The van der Waals surface area contributed by atoms with Crippen LogP contribution in [0.5, 0.6) is 0 Å². The maximum atomic E-state index is 11.6. The van der Waals surface area contributed by atoms with Crippen molar-refractivity contribution in [3.63, 3.8) is 0 Å². The molecule has 0 N–H and O–H groups in total. The molecule has 1 fully saturated rings. The van der Waals surface area contributed by atoms with Crippen molar-refractivity contribution in [3.8, 4) is 0 Å². The van der Waals surface area contributed by atoms with Crippen LogP contribution in [0.3, 0.4) is 0 Å². The van der Waals surface area contributed by atoms with Gasteiger partial charge in [-0.05, 0) is 46.2 Å². The minimum atomic E-state index is -0.0285. The first-order valence-electron chi connectivity index (χ1n) is 5.93. The molecule has 0 amide bonds. The number of hydrogen-bond acceptors (Lipinski definition) is 3. The molecule has 1 heterocycles. The summed E-state index contributed by atoms with van der Waals surface area (Å²) >= 11 is 0. The molecule has 0 radical (unpaired) electrons. The molecule has 1 aliphatic heterocycles. The first kappa shape index (κ1) is 12.5. The first-order chi connectivity index (χ1) is 7.06. The van der Waals surface area contributed by atoms with Gasteiger partial charge in [-0.1, -0.05) is 6.92 Å². The van der Waals surface area contributed by atoms with E-state index in [9.17, 15) is 4.79 Å². The van der Waals surface area contributed by atoms with Gasteiger partial charge < -0.3 is 9.64 Å². The molecule has 3 atom stereocenters. The predicted octanol–water partition coefficient (Wildman–Crippen LogP) is 1.92. The normalized spacial score (nSPS) is 29.9. The molecule has 15 heavy (non-hydrogen) atoms. The van der Waals surface area contributed by atoms with E-state index in [-0.39, 0.29) is 11.9 Å². The van der Waals surface area contributed by atoms with Gasteiger partial charge in [0.05, 0.1) is 12.5 Å². The fourth-order valence-electron chi connectivity index (χ4n) is 2.25. The second kappa shape index (κ2) is 5.50. The Balaban J connectivity index is 2.46. The topological polar surface area (TPSA) is 29.5 Å². The Hall–Kier alpha value is -0.570. The number of carbonyl (C=O) groups excluding carboxylic acids is 1. The Morgan fingerprint density at radius 2 is 2.27 bits per heavy atom. The van der Waals surface area contributed by atoms with Crippen molar-refractivity contribution in [1.29, 1.82) is 0 Å². The highest BCUT2D eigenvalue weighted by Gasteiger charge is 2.30. The van der Waals surface area contributed by atoms with Crippen LogP contribution in [0.15, 0.2) is 0 Å². The van der Waals surface area contributed by atoms with Crippen LogP contribution in [0.25, 0.3) is 0 Å². The van der Waals surface area contributed by atoms with E-state index >= 15 is 0 Å². The van der Waals surface area contributed by atoms with Crippen LogP contribution in [0.1, 0.15) is 33.6 Å². The van der Waals surface area contributed by atoms with E-state index in [1.807, 2.05) is 13.8 Å². The lowest BCUT2D eigenvalue weighted by Gasteiger charge is -2.36. The Labute approximate surface area is 92.8 Å². The van der Waals surface area contributed by atoms with Crippen molar-refractivity contribution in [1.82, 2.24) is 4.90 Å². The molecule has 0 aliphatic carbocycles. The number of rotatable bonds is 3. The monoisotopic (exact) mass is 213 g/mol. The van der Waals surface area contributed by atoms with Gasteiger partial charge in [0.1, 0.15) is 0 Å². The molecule has 3 unspecified atom stereocenters. The number of likely N-dealkylation sites (tertiary alicyclic amines) is 1. The largest absolute Gasteiger partial charge is 0.466 e. The molecule has 1 saturated heterocycles. The minimum Gasteiger partial charge on any atom is -0.466 e. The highest BCUT2D eigenvalue weighted by molar-refractivity contribution is 5.72. The van der Waals surface area contributed by atoms with E-state index in [4.69, 9.17) is 4.74 Å². The highest BCUT2D eigenvalue weighted by atomic mass is 16.5. The van der Waals surface area contributed by atoms with E-state index in [0.29, 0.717) is 18.6 Å². The third-order valence-corrected chi connectivity index (χ3v) is 3.61. The zero-order chi connectivity index (χ0) is 11.4. The molecule has 1 aliphatic rings. The molecule has 0 saturated carbocycles. The molecule has 1 rings (SSSR count). The fourth-order valence-corrected chi connectivity index (χ4v) is 2.25. The summed E-state index contributed by atoms with van der Waals surface area (Å²) in [5.41, 5.74) is 0. The van der Waals surface area contributed by atoms with Gasteiger partial charge in [0.15, 0.2) is 0 Å². The summed E-state index contributed by atoms with van der Waals surface area (Å²) in [5.74, 6) is 0.524. The third kappa shape index (κ3) is 3.20. The van der Waals surface area contributed by atoms with Crippen molar-refractivity contribution in [2.75, 3.05) is 20.2 Å². The van der Waals surface area contributed by atoms with Crippen molar-refractivity contribution in [2.45, 2.75) is 39.7 Å². The molecular weight excluding hydrogens is 190 g/mol. The molecule has 88 valence electrons. The van der Waals surface area contributed by atoms with Gasteiger partial charge in [-0.2, -0.15) is 0 Å². The van der Waals surface area contributed by atoms with Gasteiger partial charge in [0.25, 0.3) is 0 Å². The molecule has 0 spiro atoms. The fraction of sp³-hybridized carbons (Fsp3) is 0.917. The van der Waals surface area contributed by atoms with Crippen LogP contribution in [-0.4, -0.2) is 37.1 Å². The van der Waals surface area contributed by atoms with E-state index in [1.54, 1.807) is 0 Å². The Morgan fingerprint density at radius 1 is 1.60 bits per heavy atom. The third-order valence-electron chi connectivity index (χ3n) is 3.61. The SMILES string of the molecule is CCOC(=O)C(C)C1CCN(C)C(C)C1. The maximum Gasteiger partial charge on any atom is 0.308 e. The molecule has 0 aromatic rings. The van der Waals surface area contributed by atoms with Gasteiger partial charge in [-0.25, -0.2) is 0 Å². The van der Waals surface area contributed by atoms with Crippen LogP contribution < -0.4 is 0 Å². The summed E-state index contributed by atoms with van der Waals surface area (Å²) in [6.07, 6.45) is 2.22. The van der Waals surface area contributed by atoms with Crippen LogP contribution in [0, 0.1) is 11.8 Å². The van der Waals surface area contributed by atoms with Gasteiger partial charge in [0, 0.05) is 6.04 Å². The lowest BCUT2D eigenvalue weighted by molar-refractivity contribution is -0.150. The summed E-state index contributed by atoms with van der Waals surface area (Å²) in [6.45, 7) is 7.67. The van der Waals surface area contributed by atoms with Gasteiger partial charge in [0.2, 0.25) is 0 Å². The lowest BCUT2D eigenvalue weighted by Crippen LogP contribution is -2.41. The molecule has 0 aromatic carbocycles. The Kier molecular flexibility index (Phi) is 4.58. The van der Waals surface area contributed by atoms with E-state index in [0.717, 1.165) is 19.4 Å². The molecule has 3 heteroatoms. The van der Waals surface area contributed by atoms with Crippen LogP contribution >= 0.6 is 0 Å². The van der Waals surface area contributed by atoms with Crippen molar-refractivity contribution >= 4 is 5.97 Å². The maximum absolute atomic E-state index is 11.6. The minimum absolute atomic E-state index is 0.0285. The van der Waals surface area contributed by atoms with Gasteiger partial charge >= 0.3 is 5.97 Å². The summed E-state index contributed by atoms with van der Waals surface area (Å²) in [7, 11) is 2.15. The number of esters is 1. The standard InChI is InChI=1S/C12H23NO2/c1-5-15-12(14)10(3)11-6-7-13(4)9(2)8-11/h9-11H,5-8H2,1-4H3. The number of ether oxygens (including phenoxy) is 1. The number of carbonyl (C=O) groups is 1. The highest BCUT2D eigenvalue weighted by Crippen LogP contribution is 2.28. The van der Waals surface area contributed by atoms with Crippen molar-refractivity contribution in [2.24, 2.45) is 11.8 Å². The van der Waals surface area contributed by atoms with Gasteiger partial charge in [-0.3, -0.25) is 4.79 Å². The molecule has 3 nitrogen and oxygen atoms in total.